The normalized spacial score (nSPS) is 25.8. The average Bonchev–Trinajstić information content (AvgIpc) is 3.29. The molecule has 4 rings (SSSR count). The lowest BCUT2D eigenvalue weighted by atomic mass is 9.84. The van der Waals surface area contributed by atoms with Crippen LogP contribution in [-0.2, 0) is 5.41 Å². The highest BCUT2D eigenvalue weighted by Crippen LogP contribution is 2.43. The lowest BCUT2D eigenvalue weighted by molar-refractivity contribution is 0.292. The van der Waals surface area contributed by atoms with E-state index in [0.717, 1.165) is 43.9 Å². The maximum Gasteiger partial charge on any atom is 0.234 e. The number of aromatic nitrogens is 2. The van der Waals surface area contributed by atoms with Crippen LogP contribution in [0.25, 0.3) is 11.4 Å². The summed E-state index contributed by atoms with van der Waals surface area (Å²) in [5.74, 6) is 2.32. The van der Waals surface area contributed by atoms with Gasteiger partial charge in [0, 0.05) is 12.1 Å². The van der Waals surface area contributed by atoms with Crippen LogP contribution in [-0.4, -0.2) is 48.9 Å². The fourth-order valence-electron chi connectivity index (χ4n) is 3.61. The summed E-state index contributed by atoms with van der Waals surface area (Å²) in [6.45, 7) is 3.24. The van der Waals surface area contributed by atoms with Crippen LogP contribution in [0, 0.1) is 0 Å². The Labute approximate surface area is 139 Å². The fourth-order valence-corrected chi connectivity index (χ4v) is 3.90. The van der Waals surface area contributed by atoms with Crippen molar-refractivity contribution in [2.45, 2.75) is 18.3 Å². The number of ether oxygens (including phenoxy) is 2. The quantitative estimate of drug-likeness (QED) is 0.856. The molecule has 2 aliphatic rings. The second-order valence-corrected chi connectivity index (χ2v) is 6.58. The lowest BCUT2D eigenvalue weighted by Crippen LogP contribution is -2.24. The first kappa shape index (κ1) is 14.8. The largest absolute Gasteiger partial charge is 0.493 e. The Balaban J connectivity index is 1.71. The number of methoxy groups -OCH3 is 2. The van der Waals surface area contributed by atoms with Gasteiger partial charge in [0.05, 0.1) is 24.7 Å². The van der Waals surface area contributed by atoms with Crippen molar-refractivity contribution in [1.82, 2.24) is 15.0 Å². The first-order valence-electron chi connectivity index (χ1n) is 7.64. The number of fused-ring (bicyclic) bond motifs is 2. The summed E-state index contributed by atoms with van der Waals surface area (Å²) in [7, 11) is 3.13. The molecule has 0 atom stereocenters. The molecule has 2 fully saturated rings. The molecule has 0 saturated carbocycles. The van der Waals surface area contributed by atoms with Crippen LogP contribution in [0.2, 0.25) is 5.02 Å². The van der Waals surface area contributed by atoms with Gasteiger partial charge in [-0.3, -0.25) is 0 Å². The molecular weight excluding hydrogens is 318 g/mol. The van der Waals surface area contributed by atoms with Crippen molar-refractivity contribution in [3.05, 3.63) is 23.0 Å². The Bertz CT molecular complexity index is 738. The molecule has 1 aromatic carbocycles. The molecule has 6 nitrogen and oxygen atoms in total. The van der Waals surface area contributed by atoms with Gasteiger partial charge in [-0.1, -0.05) is 16.8 Å². The molecule has 2 saturated heterocycles. The van der Waals surface area contributed by atoms with Gasteiger partial charge in [-0.15, -0.1) is 0 Å². The Morgan fingerprint density at radius 3 is 2.61 bits per heavy atom. The highest BCUT2D eigenvalue weighted by Gasteiger charge is 2.48. The Morgan fingerprint density at radius 1 is 1.22 bits per heavy atom. The van der Waals surface area contributed by atoms with E-state index in [2.05, 4.69) is 15.0 Å². The summed E-state index contributed by atoms with van der Waals surface area (Å²) in [5, 5.41) is 4.61. The highest BCUT2D eigenvalue weighted by atomic mass is 35.5. The summed E-state index contributed by atoms with van der Waals surface area (Å²) in [5.41, 5.74) is 0.790. The monoisotopic (exact) mass is 335 g/mol. The molecule has 7 heteroatoms. The zero-order chi connectivity index (χ0) is 16.0. The Morgan fingerprint density at radius 2 is 2.00 bits per heavy atom. The third-order valence-electron chi connectivity index (χ3n) is 4.91. The van der Waals surface area contributed by atoms with Crippen molar-refractivity contribution < 1.29 is 14.0 Å². The molecule has 2 bridgehead atoms. The first-order valence-corrected chi connectivity index (χ1v) is 8.01. The van der Waals surface area contributed by atoms with E-state index in [9.17, 15) is 0 Å². The number of hydrogen-bond donors (Lipinski definition) is 0. The topological polar surface area (TPSA) is 60.6 Å². The molecule has 0 aliphatic carbocycles. The summed E-state index contributed by atoms with van der Waals surface area (Å²) in [4.78, 5) is 7.09. The molecule has 2 aromatic rings. The molecule has 122 valence electrons. The van der Waals surface area contributed by atoms with Gasteiger partial charge in [0.1, 0.15) is 0 Å². The van der Waals surface area contributed by atoms with E-state index < -0.39 is 0 Å². The number of halogens is 1. The maximum atomic E-state index is 6.26. The average molecular weight is 336 g/mol. The molecule has 0 spiro atoms. The van der Waals surface area contributed by atoms with Crippen LogP contribution in [0.15, 0.2) is 16.7 Å². The summed E-state index contributed by atoms with van der Waals surface area (Å²) >= 11 is 6.26. The summed E-state index contributed by atoms with van der Waals surface area (Å²) in [6.07, 6.45) is 2.17. The first-order chi connectivity index (χ1) is 11.1. The minimum Gasteiger partial charge on any atom is -0.493 e. The van der Waals surface area contributed by atoms with Crippen LogP contribution in [0.5, 0.6) is 11.5 Å². The van der Waals surface area contributed by atoms with Gasteiger partial charge >= 0.3 is 0 Å². The zero-order valence-corrected chi connectivity index (χ0v) is 13.9. The van der Waals surface area contributed by atoms with Crippen molar-refractivity contribution >= 4 is 11.6 Å². The minimum absolute atomic E-state index is 0.0333. The van der Waals surface area contributed by atoms with Crippen molar-refractivity contribution in [3.63, 3.8) is 0 Å². The minimum atomic E-state index is 0.0333. The number of nitrogens with zero attached hydrogens (tertiary/aromatic N) is 3. The number of benzene rings is 1. The molecule has 0 amide bonds. The van der Waals surface area contributed by atoms with Crippen LogP contribution in [0.4, 0.5) is 0 Å². The fraction of sp³-hybridized carbons (Fsp3) is 0.500. The van der Waals surface area contributed by atoms with Gasteiger partial charge in [0.25, 0.3) is 0 Å². The van der Waals surface area contributed by atoms with E-state index in [1.165, 1.54) is 0 Å². The van der Waals surface area contributed by atoms with Gasteiger partial charge in [-0.05, 0) is 38.1 Å². The van der Waals surface area contributed by atoms with E-state index in [0.29, 0.717) is 22.3 Å². The second-order valence-electron chi connectivity index (χ2n) is 6.17. The second kappa shape index (κ2) is 5.39. The third-order valence-corrected chi connectivity index (χ3v) is 5.19. The smallest absolute Gasteiger partial charge is 0.234 e. The summed E-state index contributed by atoms with van der Waals surface area (Å²) in [6, 6.07) is 3.58. The standard InChI is InChI=1S/C16H18ClN3O3/c1-21-12-8-10(7-11(17)13(12)22-2)14-18-15(23-19-14)16-3-5-20(9-16)6-4-16/h7-8H,3-6,9H2,1-2H3. The number of rotatable bonds is 4. The molecule has 0 radical (unpaired) electrons. The van der Waals surface area contributed by atoms with Gasteiger partial charge in [0.2, 0.25) is 11.7 Å². The highest BCUT2D eigenvalue weighted by molar-refractivity contribution is 6.32. The van der Waals surface area contributed by atoms with Crippen molar-refractivity contribution in [3.8, 4) is 22.9 Å². The lowest BCUT2D eigenvalue weighted by Gasteiger charge is -2.19. The van der Waals surface area contributed by atoms with Crippen molar-refractivity contribution in [1.29, 1.82) is 0 Å². The van der Waals surface area contributed by atoms with E-state index in [4.69, 9.17) is 25.6 Å². The van der Waals surface area contributed by atoms with Gasteiger partial charge < -0.3 is 18.9 Å². The predicted molar refractivity (Wildman–Crippen MR) is 85.2 cm³/mol. The molecular formula is C16H18ClN3O3. The zero-order valence-electron chi connectivity index (χ0n) is 13.1. The predicted octanol–water partition coefficient (Wildman–Crippen LogP) is 2.75. The van der Waals surface area contributed by atoms with Gasteiger partial charge in [-0.25, -0.2) is 0 Å². The maximum absolute atomic E-state index is 6.26. The number of hydrogen-bond acceptors (Lipinski definition) is 6. The molecule has 23 heavy (non-hydrogen) atoms. The molecule has 1 aromatic heterocycles. The van der Waals surface area contributed by atoms with Gasteiger partial charge in [0.15, 0.2) is 11.5 Å². The van der Waals surface area contributed by atoms with E-state index in [1.54, 1.807) is 20.3 Å². The van der Waals surface area contributed by atoms with Crippen LogP contribution in [0.1, 0.15) is 18.7 Å². The number of piperidine rings is 1. The molecule has 0 N–H and O–H groups in total. The third kappa shape index (κ3) is 2.28. The summed E-state index contributed by atoms with van der Waals surface area (Å²) < 4.78 is 16.2. The van der Waals surface area contributed by atoms with Gasteiger partial charge in [-0.2, -0.15) is 4.98 Å². The van der Waals surface area contributed by atoms with Crippen molar-refractivity contribution in [2.75, 3.05) is 33.9 Å². The Kier molecular flexibility index (Phi) is 3.46. The van der Waals surface area contributed by atoms with Crippen molar-refractivity contribution in [2.24, 2.45) is 0 Å². The molecule has 2 aliphatic heterocycles. The van der Waals surface area contributed by atoms with E-state index in [-0.39, 0.29) is 5.41 Å². The Hall–Kier alpha value is -1.79. The van der Waals surface area contributed by atoms with E-state index >= 15 is 0 Å². The van der Waals surface area contributed by atoms with Crippen LogP contribution >= 0.6 is 11.6 Å². The molecule has 3 heterocycles. The van der Waals surface area contributed by atoms with Crippen LogP contribution < -0.4 is 9.47 Å². The SMILES string of the molecule is COc1cc(-c2noc(C34CCN(CC3)C4)n2)cc(Cl)c1OC. The van der Waals surface area contributed by atoms with Crippen LogP contribution in [0.3, 0.4) is 0 Å². The molecule has 0 unspecified atom stereocenters. The van der Waals surface area contributed by atoms with E-state index in [1.807, 2.05) is 6.07 Å².